The lowest BCUT2D eigenvalue weighted by Crippen LogP contribution is -2.36. The van der Waals surface area contributed by atoms with Gasteiger partial charge >= 0.3 is 6.03 Å². The number of nitrogens with one attached hydrogen (secondary N) is 2. The molecule has 2 N–H and O–H groups in total. The maximum Gasteiger partial charge on any atom is 0.322 e. The minimum absolute atomic E-state index is 0.168. The number of H-pyrrole nitrogens is 1. The number of hydrogen-bond donors (Lipinski definition) is 2. The maximum absolute atomic E-state index is 12.8. The van der Waals surface area contributed by atoms with E-state index in [1.165, 1.54) is 0 Å². The third-order valence-electron chi connectivity index (χ3n) is 3.79. The number of urea groups is 1. The van der Waals surface area contributed by atoms with Crippen LogP contribution in [0.15, 0.2) is 67.1 Å². The molecule has 1 unspecified atom stereocenters. The van der Waals surface area contributed by atoms with E-state index in [1.807, 2.05) is 55.5 Å². The van der Waals surface area contributed by atoms with Crippen LogP contribution < -0.4 is 5.32 Å². The molecule has 2 heterocycles. The van der Waals surface area contributed by atoms with Gasteiger partial charge in [0, 0.05) is 18.9 Å². The Morgan fingerprint density at radius 2 is 2.00 bits per heavy atom. The zero-order chi connectivity index (χ0) is 16.8. The Balaban J connectivity index is 1.83. The second-order valence-corrected chi connectivity index (χ2v) is 5.46. The van der Waals surface area contributed by atoms with E-state index < -0.39 is 0 Å². The molecule has 24 heavy (non-hydrogen) atoms. The van der Waals surface area contributed by atoms with Gasteiger partial charge in [-0.05, 0) is 24.6 Å². The summed E-state index contributed by atoms with van der Waals surface area (Å²) in [6, 6.07) is 15.2. The number of aromatic nitrogens is 3. The van der Waals surface area contributed by atoms with Crippen LogP contribution in [0.5, 0.6) is 0 Å². The molecule has 1 atom stereocenters. The summed E-state index contributed by atoms with van der Waals surface area (Å²) in [7, 11) is 0. The van der Waals surface area contributed by atoms with Crippen molar-refractivity contribution in [3.05, 3.63) is 78.4 Å². The van der Waals surface area contributed by atoms with E-state index in [0.29, 0.717) is 12.2 Å². The average molecular weight is 321 g/mol. The van der Waals surface area contributed by atoms with Crippen LogP contribution in [0, 0.1) is 0 Å². The first-order chi connectivity index (χ1) is 11.7. The lowest BCUT2D eigenvalue weighted by molar-refractivity contribution is 0.188. The van der Waals surface area contributed by atoms with Crippen LogP contribution in [-0.2, 0) is 6.54 Å². The molecule has 3 aromatic rings. The van der Waals surface area contributed by atoms with Crippen LogP contribution in [0.4, 0.5) is 10.5 Å². The van der Waals surface area contributed by atoms with Gasteiger partial charge in [0.25, 0.3) is 0 Å². The predicted octanol–water partition coefficient (Wildman–Crippen LogP) is 3.60. The van der Waals surface area contributed by atoms with E-state index in [1.54, 1.807) is 23.5 Å². The normalized spacial score (nSPS) is 11.7. The summed E-state index contributed by atoms with van der Waals surface area (Å²) < 4.78 is 0. The first-order valence-electron chi connectivity index (χ1n) is 7.75. The number of aromatic amines is 1. The highest BCUT2D eigenvalue weighted by atomic mass is 16.2. The largest absolute Gasteiger partial charge is 0.322 e. The number of nitrogens with zero attached hydrogens (tertiary/aromatic N) is 3. The summed E-state index contributed by atoms with van der Waals surface area (Å²) in [5.74, 6) is 0. The summed E-state index contributed by atoms with van der Waals surface area (Å²) in [4.78, 5) is 18.9. The molecule has 1 aromatic carbocycles. The minimum atomic E-state index is -0.196. The topological polar surface area (TPSA) is 73.9 Å². The standard InChI is InChI=1S/C18H19N5O/c1-14(17-9-5-6-10-19-17)23(13-15-7-3-2-4-8-15)18(24)22-16-11-20-21-12-16/h2-12,14H,13H2,1H3,(H,20,21)(H,22,24). The monoisotopic (exact) mass is 321 g/mol. The van der Waals surface area contributed by atoms with E-state index in [0.717, 1.165) is 11.3 Å². The van der Waals surface area contributed by atoms with Crippen molar-refractivity contribution in [1.29, 1.82) is 0 Å². The number of anilines is 1. The molecule has 0 aliphatic rings. The highest BCUT2D eigenvalue weighted by molar-refractivity contribution is 5.89. The molecule has 0 radical (unpaired) electrons. The van der Waals surface area contributed by atoms with Crippen molar-refractivity contribution in [2.45, 2.75) is 19.5 Å². The Morgan fingerprint density at radius 1 is 1.21 bits per heavy atom. The van der Waals surface area contributed by atoms with E-state index in [9.17, 15) is 4.79 Å². The van der Waals surface area contributed by atoms with Crippen LogP contribution in [0.2, 0.25) is 0 Å². The third-order valence-corrected chi connectivity index (χ3v) is 3.79. The number of amides is 2. The second kappa shape index (κ2) is 7.41. The van der Waals surface area contributed by atoms with Gasteiger partial charge in [0.15, 0.2) is 0 Å². The first kappa shape index (κ1) is 15.7. The zero-order valence-corrected chi connectivity index (χ0v) is 13.4. The van der Waals surface area contributed by atoms with Gasteiger partial charge < -0.3 is 10.2 Å². The summed E-state index contributed by atoms with van der Waals surface area (Å²) in [5, 5.41) is 9.40. The molecule has 122 valence electrons. The molecule has 2 aromatic heterocycles. The van der Waals surface area contributed by atoms with Gasteiger partial charge in [-0.25, -0.2) is 4.79 Å². The summed E-state index contributed by atoms with van der Waals surface area (Å²) >= 11 is 0. The quantitative estimate of drug-likeness (QED) is 0.754. The minimum Gasteiger partial charge on any atom is -0.312 e. The molecule has 3 rings (SSSR count). The SMILES string of the molecule is CC(c1ccccn1)N(Cc1ccccc1)C(=O)Nc1cn[nH]c1. The molecule has 2 amide bonds. The van der Waals surface area contributed by atoms with Crippen molar-refractivity contribution in [3.8, 4) is 0 Å². The number of pyridine rings is 1. The van der Waals surface area contributed by atoms with Crippen LogP contribution in [0.1, 0.15) is 24.2 Å². The van der Waals surface area contributed by atoms with E-state index in [2.05, 4.69) is 20.5 Å². The number of carbonyl (C=O) groups excluding carboxylic acids is 1. The number of hydrogen-bond acceptors (Lipinski definition) is 3. The average Bonchev–Trinajstić information content (AvgIpc) is 3.13. The van der Waals surface area contributed by atoms with Gasteiger partial charge in [-0.2, -0.15) is 5.10 Å². The molecule has 0 aliphatic heterocycles. The van der Waals surface area contributed by atoms with Gasteiger partial charge in [0.05, 0.1) is 23.6 Å². The van der Waals surface area contributed by atoms with Gasteiger partial charge in [-0.3, -0.25) is 10.1 Å². The molecule has 0 saturated heterocycles. The van der Waals surface area contributed by atoms with E-state index >= 15 is 0 Å². The van der Waals surface area contributed by atoms with Gasteiger partial charge in [-0.1, -0.05) is 36.4 Å². The Morgan fingerprint density at radius 3 is 2.67 bits per heavy atom. The molecular formula is C18H19N5O. The lowest BCUT2D eigenvalue weighted by Gasteiger charge is -2.29. The molecule has 6 nitrogen and oxygen atoms in total. The Bertz CT molecular complexity index is 759. The van der Waals surface area contributed by atoms with Crippen molar-refractivity contribution >= 4 is 11.7 Å². The highest BCUT2D eigenvalue weighted by Gasteiger charge is 2.23. The molecule has 6 heteroatoms. The zero-order valence-electron chi connectivity index (χ0n) is 13.4. The second-order valence-electron chi connectivity index (χ2n) is 5.46. The molecule has 0 bridgehead atoms. The molecule has 0 fully saturated rings. The fourth-order valence-electron chi connectivity index (χ4n) is 2.46. The predicted molar refractivity (Wildman–Crippen MR) is 92.2 cm³/mol. The number of rotatable bonds is 5. The van der Waals surface area contributed by atoms with Gasteiger partial charge in [0.1, 0.15) is 0 Å². The molecule has 0 saturated carbocycles. The fraction of sp³-hybridized carbons (Fsp3) is 0.167. The van der Waals surface area contributed by atoms with Crippen molar-refractivity contribution < 1.29 is 4.79 Å². The van der Waals surface area contributed by atoms with E-state index in [4.69, 9.17) is 0 Å². The van der Waals surface area contributed by atoms with Crippen LogP contribution in [0.25, 0.3) is 0 Å². The van der Waals surface area contributed by atoms with Crippen LogP contribution in [0.3, 0.4) is 0 Å². The van der Waals surface area contributed by atoms with Crippen LogP contribution >= 0.6 is 0 Å². The summed E-state index contributed by atoms with van der Waals surface area (Å²) in [6.45, 7) is 2.46. The molecule has 0 aliphatic carbocycles. The van der Waals surface area contributed by atoms with Crippen molar-refractivity contribution in [2.75, 3.05) is 5.32 Å². The maximum atomic E-state index is 12.8. The van der Waals surface area contributed by atoms with Crippen LogP contribution in [-0.4, -0.2) is 26.1 Å². The number of carbonyl (C=O) groups is 1. The van der Waals surface area contributed by atoms with Crippen molar-refractivity contribution in [3.63, 3.8) is 0 Å². The lowest BCUT2D eigenvalue weighted by atomic mass is 10.1. The summed E-state index contributed by atoms with van der Waals surface area (Å²) in [5.41, 5.74) is 2.53. The highest BCUT2D eigenvalue weighted by Crippen LogP contribution is 2.22. The Labute approximate surface area is 140 Å². The van der Waals surface area contributed by atoms with Gasteiger partial charge in [-0.15, -0.1) is 0 Å². The molecule has 0 spiro atoms. The third kappa shape index (κ3) is 3.78. The Hall–Kier alpha value is -3.15. The Kier molecular flexibility index (Phi) is 4.86. The van der Waals surface area contributed by atoms with Gasteiger partial charge in [0.2, 0.25) is 0 Å². The van der Waals surface area contributed by atoms with Crippen molar-refractivity contribution in [1.82, 2.24) is 20.1 Å². The van der Waals surface area contributed by atoms with Crippen molar-refractivity contribution in [2.24, 2.45) is 0 Å². The fourth-order valence-corrected chi connectivity index (χ4v) is 2.46. The smallest absolute Gasteiger partial charge is 0.312 e. The summed E-state index contributed by atoms with van der Waals surface area (Å²) in [6.07, 6.45) is 4.95. The first-order valence-corrected chi connectivity index (χ1v) is 7.75. The molecular weight excluding hydrogens is 302 g/mol. The van der Waals surface area contributed by atoms with E-state index in [-0.39, 0.29) is 12.1 Å². The number of benzene rings is 1.